The van der Waals surface area contributed by atoms with E-state index in [1.807, 2.05) is 12.1 Å². The van der Waals surface area contributed by atoms with Crippen molar-refractivity contribution >= 4 is 40.8 Å². The molecular formula is C19H26IN5O. The van der Waals surface area contributed by atoms with Gasteiger partial charge in [0, 0.05) is 36.8 Å². The van der Waals surface area contributed by atoms with E-state index in [2.05, 4.69) is 64.0 Å². The van der Waals surface area contributed by atoms with Gasteiger partial charge in [-0.3, -0.25) is 4.99 Å². The van der Waals surface area contributed by atoms with Gasteiger partial charge >= 0.3 is 0 Å². The van der Waals surface area contributed by atoms with Gasteiger partial charge in [0.2, 0.25) is 0 Å². The number of hydrogen-bond acceptors (Lipinski definition) is 3. The van der Waals surface area contributed by atoms with Crippen molar-refractivity contribution in [3.63, 3.8) is 0 Å². The molecule has 26 heavy (non-hydrogen) atoms. The Balaban J connectivity index is 0.00000243. The van der Waals surface area contributed by atoms with E-state index in [-0.39, 0.29) is 24.0 Å². The summed E-state index contributed by atoms with van der Waals surface area (Å²) in [5.74, 6) is 1.93. The van der Waals surface area contributed by atoms with Crippen LogP contribution in [-0.4, -0.2) is 29.7 Å². The molecule has 6 nitrogen and oxygen atoms in total. The first kappa shape index (κ1) is 20.3. The largest absolute Gasteiger partial charge is 0.361 e. The van der Waals surface area contributed by atoms with Crippen LogP contribution in [0.15, 0.2) is 46.0 Å². The smallest absolute Gasteiger partial charge is 0.191 e. The number of guanidine groups is 1. The maximum Gasteiger partial charge on any atom is 0.191 e. The Hall–Kier alpha value is -2.03. The number of aliphatic imine (C=N–C) groups is 1. The van der Waals surface area contributed by atoms with Gasteiger partial charge in [-0.05, 0) is 24.0 Å². The average molecular weight is 467 g/mol. The zero-order valence-corrected chi connectivity index (χ0v) is 17.7. The molecule has 0 radical (unpaired) electrons. The van der Waals surface area contributed by atoms with Crippen molar-refractivity contribution in [1.82, 2.24) is 20.8 Å². The molecule has 0 saturated heterocycles. The first-order valence-corrected chi connectivity index (χ1v) is 8.62. The molecule has 0 aliphatic rings. The van der Waals surface area contributed by atoms with E-state index in [4.69, 9.17) is 4.52 Å². The number of nitrogens with one attached hydrogen (secondary N) is 3. The summed E-state index contributed by atoms with van der Waals surface area (Å²) in [5, 5.41) is 11.9. The van der Waals surface area contributed by atoms with Gasteiger partial charge in [0.15, 0.2) is 11.7 Å². The van der Waals surface area contributed by atoms with Gasteiger partial charge in [-0.15, -0.1) is 24.0 Å². The van der Waals surface area contributed by atoms with Crippen molar-refractivity contribution in [2.45, 2.75) is 32.7 Å². The lowest BCUT2D eigenvalue weighted by Crippen LogP contribution is -2.37. The highest BCUT2D eigenvalue weighted by Crippen LogP contribution is 2.17. The van der Waals surface area contributed by atoms with Crippen LogP contribution < -0.4 is 10.6 Å². The Kier molecular flexibility index (Phi) is 7.50. The fraction of sp³-hybridized carbons (Fsp3) is 0.368. The van der Waals surface area contributed by atoms with Crippen LogP contribution in [0.1, 0.15) is 36.8 Å². The quantitative estimate of drug-likeness (QED) is 0.293. The van der Waals surface area contributed by atoms with E-state index >= 15 is 0 Å². The van der Waals surface area contributed by atoms with Gasteiger partial charge in [0.25, 0.3) is 0 Å². The third kappa shape index (κ3) is 5.00. The Morgan fingerprint density at radius 1 is 1.27 bits per heavy atom. The van der Waals surface area contributed by atoms with Crippen LogP contribution >= 0.6 is 24.0 Å². The Bertz CT molecular complexity index is 852. The standard InChI is InChI=1S/C19H25N5O.HI/c1-13(2)18-10-15(25-24-18)12-23-19(20-3)21-9-8-14-11-22-17-7-5-4-6-16(14)17;/h4-7,10-11,13,22H,8-9,12H2,1-3H3,(H2,20,21,23);1H. The van der Waals surface area contributed by atoms with Gasteiger partial charge in [0.1, 0.15) is 0 Å². The van der Waals surface area contributed by atoms with E-state index < -0.39 is 0 Å². The summed E-state index contributed by atoms with van der Waals surface area (Å²) in [5.41, 5.74) is 3.45. The molecule has 3 aromatic rings. The van der Waals surface area contributed by atoms with Gasteiger partial charge in [-0.1, -0.05) is 37.2 Å². The number of aromatic amines is 1. The summed E-state index contributed by atoms with van der Waals surface area (Å²) in [4.78, 5) is 7.56. The lowest BCUT2D eigenvalue weighted by Gasteiger charge is -2.10. The molecule has 0 atom stereocenters. The lowest BCUT2D eigenvalue weighted by atomic mass is 10.1. The second-order valence-corrected chi connectivity index (χ2v) is 6.33. The highest BCUT2D eigenvalue weighted by Gasteiger charge is 2.08. The molecule has 0 saturated carbocycles. The third-order valence-corrected chi connectivity index (χ3v) is 4.18. The highest BCUT2D eigenvalue weighted by atomic mass is 127. The van der Waals surface area contributed by atoms with Crippen molar-refractivity contribution in [3.05, 3.63) is 53.5 Å². The molecule has 3 rings (SSSR count). The number of hydrogen-bond donors (Lipinski definition) is 3. The van der Waals surface area contributed by atoms with E-state index in [0.717, 1.165) is 30.4 Å². The van der Waals surface area contributed by atoms with E-state index in [9.17, 15) is 0 Å². The fourth-order valence-corrected chi connectivity index (χ4v) is 2.73. The monoisotopic (exact) mass is 467 g/mol. The van der Waals surface area contributed by atoms with Crippen LogP contribution in [0, 0.1) is 0 Å². The molecule has 0 amide bonds. The van der Waals surface area contributed by atoms with Crippen LogP contribution in [0.4, 0.5) is 0 Å². The van der Waals surface area contributed by atoms with Crippen molar-refractivity contribution in [3.8, 4) is 0 Å². The Morgan fingerprint density at radius 2 is 2.08 bits per heavy atom. The number of H-pyrrole nitrogens is 1. The van der Waals surface area contributed by atoms with E-state index in [1.165, 1.54) is 16.5 Å². The number of fused-ring (bicyclic) bond motifs is 1. The minimum Gasteiger partial charge on any atom is -0.361 e. The number of halogens is 1. The van der Waals surface area contributed by atoms with Crippen molar-refractivity contribution in [1.29, 1.82) is 0 Å². The van der Waals surface area contributed by atoms with Crippen LogP contribution in [0.25, 0.3) is 10.9 Å². The number of nitrogens with zero attached hydrogens (tertiary/aromatic N) is 2. The van der Waals surface area contributed by atoms with Crippen molar-refractivity contribution < 1.29 is 4.52 Å². The van der Waals surface area contributed by atoms with E-state index in [0.29, 0.717) is 12.5 Å². The zero-order chi connectivity index (χ0) is 17.6. The molecule has 0 aliphatic carbocycles. The molecule has 2 aromatic heterocycles. The average Bonchev–Trinajstić information content (AvgIpc) is 3.25. The number of para-hydroxylation sites is 1. The highest BCUT2D eigenvalue weighted by molar-refractivity contribution is 14.0. The molecule has 1 aromatic carbocycles. The molecular weight excluding hydrogens is 441 g/mol. The predicted molar refractivity (Wildman–Crippen MR) is 116 cm³/mol. The van der Waals surface area contributed by atoms with Gasteiger partial charge < -0.3 is 20.1 Å². The van der Waals surface area contributed by atoms with Crippen molar-refractivity contribution in [2.75, 3.05) is 13.6 Å². The molecule has 0 bridgehead atoms. The molecule has 0 aliphatic heterocycles. The summed E-state index contributed by atoms with van der Waals surface area (Å²) >= 11 is 0. The molecule has 0 unspecified atom stereocenters. The summed E-state index contributed by atoms with van der Waals surface area (Å²) in [6, 6.07) is 10.3. The lowest BCUT2D eigenvalue weighted by molar-refractivity contribution is 0.372. The molecule has 7 heteroatoms. The number of rotatable bonds is 6. The minimum absolute atomic E-state index is 0. The molecule has 0 spiro atoms. The summed E-state index contributed by atoms with van der Waals surface area (Å²) in [7, 11) is 1.76. The minimum atomic E-state index is 0. The fourth-order valence-electron chi connectivity index (χ4n) is 2.73. The first-order chi connectivity index (χ1) is 12.2. The predicted octanol–water partition coefficient (Wildman–Crippen LogP) is 3.81. The number of benzene rings is 1. The summed E-state index contributed by atoms with van der Waals surface area (Å²) in [6.07, 6.45) is 3.00. The molecule has 2 heterocycles. The molecule has 140 valence electrons. The van der Waals surface area contributed by atoms with E-state index in [1.54, 1.807) is 7.05 Å². The molecule has 3 N–H and O–H groups in total. The van der Waals surface area contributed by atoms with Gasteiger partial charge in [-0.2, -0.15) is 0 Å². The maximum atomic E-state index is 5.33. The summed E-state index contributed by atoms with van der Waals surface area (Å²) < 4.78 is 5.33. The SMILES string of the molecule is CN=C(NCCc1c[nH]c2ccccc12)NCc1cc(C(C)C)no1.I. The van der Waals surface area contributed by atoms with Gasteiger partial charge in [-0.25, -0.2) is 0 Å². The third-order valence-electron chi connectivity index (χ3n) is 4.18. The second-order valence-electron chi connectivity index (χ2n) is 6.33. The van der Waals surface area contributed by atoms with Crippen LogP contribution in [0.5, 0.6) is 0 Å². The second kappa shape index (κ2) is 9.61. The van der Waals surface area contributed by atoms with Crippen LogP contribution in [-0.2, 0) is 13.0 Å². The first-order valence-electron chi connectivity index (χ1n) is 8.62. The van der Waals surface area contributed by atoms with Crippen molar-refractivity contribution in [2.24, 2.45) is 4.99 Å². The van der Waals surface area contributed by atoms with Gasteiger partial charge in [0.05, 0.1) is 12.2 Å². The number of aromatic nitrogens is 2. The topological polar surface area (TPSA) is 78.2 Å². The summed E-state index contributed by atoms with van der Waals surface area (Å²) in [6.45, 7) is 5.56. The Labute approximate surface area is 170 Å². The van der Waals surface area contributed by atoms with Crippen LogP contribution in [0.3, 0.4) is 0 Å². The zero-order valence-electron chi connectivity index (χ0n) is 15.4. The Morgan fingerprint density at radius 3 is 2.81 bits per heavy atom. The maximum absolute atomic E-state index is 5.33. The van der Waals surface area contributed by atoms with Crippen LogP contribution in [0.2, 0.25) is 0 Å². The molecule has 0 fully saturated rings. The normalized spacial score (nSPS) is 11.6.